The van der Waals surface area contributed by atoms with Gasteiger partial charge in [-0.1, -0.05) is 0 Å². The van der Waals surface area contributed by atoms with E-state index in [0.29, 0.717) is 6.21 Å². The monoisotopic (exact) mass is 431 g/mol. The van der Waals surface area contributed by atoms with Gasteiger partial charge in [-0.2, -0.15) is 5.10 Å². The van der Waals surface area contributed by atoms with Gasteiger partial charge in [-0.15, -0.1) is 0 Å². The number of carbonyl (C=O) groups is 3. The number of aliphatic carboxylic acids is 1. The molecule has 1 heterocycles. The molecule has 158 valence electrons. The van der Waals surface area contributed by atoms with Crippen LogP contribution in [0.15, 0.2) is 17.2 Å². The average Bonchev–Trinajstić information content (AvgIpc) is 2.63. The minimum atomic E-state index is -3.48. The zero-order chi connectivity index (χ0) is 22.1. The molecule has 0 spiro atoms. The Balaban J connectivity index is 2.31. The minimum absolute atomic E-state index is 0.0625. The highest BCUT2D eigenvalue weighted by Gasteiger charge is 2.52. The van der Waals surface area contributed by atoms with Gasteiger partial charge in [0.05, 0.1) is 5.56 Å². The molecule has 0 bridgehead atoms. The summed E-state index contributed by atoms with van der Waals surface area (Å²) in [6.45, 7) is 2.56. The number of amides is 2. The molecule has 1 saturated heterocycles. The van der Waals surface area contributed by atoms with Crippen LogP contribution in [0.4, 0.5) is 4.39 Å². The van der Waals surface area contributed by atoms with Crippen molar-refractivity contribution in [2.24, 2.45) is 5.10 Å². The fourth-order valence-corrected chi connectivity index (χ4v) is 3.45. The third-order valence-corrected chi connectivity index (χ3v) is 5.67. The van der Waals surface area contributed by atoms with Crippen molar-refractivity contribution in [1.29, 1.82) is 0 Å². The van der Waals surface area contributed by atoms with Crippen LogP contribution in [0.25, 0.3) is 0 Å². The van der Waals surface area contributed by atoms with Gasteiger partial charge >= 0.3 is 5.97 Å². The van der Waals surface area contributed by atoms with E-state index in [0.717, 1.165) is 24.0 Å². The summed E-state index contributed by atoms with van der Waals surface area (Å²) in [5.41, 5.74) is 1.12. The Bertz CT molecular complexity index is 971. The summed E-state index contributed by atoms with van der Waals surface area (Å²) in [5.74, 6) is -6.72. The highest BCUT2D eigenvalue weighted by atomic mass is 32.2. The number of β-lactam (4-membered cyclic amide) rings is 1. The number of carboxylic acids is 1. The molecule has 29 heavy (non-hydrogen) atoms. The lowest BCUT2D eigenvalue weighted by molar-refractivity contribution is -0.161. The fraction of sp³-hybridized carbons (Fsp3) is 0.375. The van der Waals surface area contributed by atoms with E-state index < -0.39 is 68.2 Å². The first kappa shape index (κ1) is 22.1. The normalized spacial score (nSPS) is 19.7. The molecule has 0 saturated carbocycles. The van der Waals surface area contributed by atoms with Crippen molar-refractivity contribution in [2.45, 2.75) is 37.1 Å². The van der Waals surface area contributed by atoms with Crippen LogP contribution < -0.4 is 5.43 Å². The predicted octanol–water partition coefficient (Wildman–Crippen LogP) is -0.603. The number of thiol groups is 1. The van der Waals surface area contributed by atoms with Crippen LogP contribution in [-0.2, 0) is 20.3 Å². The molecule has 13 heteroatoms. The molecule has 1 aliphatic heterocycles. The number of aromatic hydroxyl groups is 2. The number of hydrogen-bond donors (Lipinski definition) is 5. The Morgan fingerprint density at radius 3 is 2.52 bits per heavy atom. The van der Waals surface area contributed by atoms with Crippen LogP contribution in [0.1, 0.15) is 30.6 Å². The van der Waals surface area contributed by atoms with Gasteiger partial charge in [-0.05, 0) is 26.0 Å². The first-order valence-electron chi connectivity index (χ1n) is 8.15. The minimum Gasteiger partial charge on any atom is -0.504 e. The third-order valence-electron chi connectivity index (χ3n) is 4.52. The van der Waals surface area contributed by atoms with Crippen LogP contribution in [0.3, 0.4) is 0 Å². The largest absolute Gasteiger partial charge is 0.504 e. The van der Waals surface area contributed by atoms with Crippen LogP contribution in [0.5, 0.6) is 11.5 Å². The maximum atomic E-state index is 13.8. The number of phenolic OH excluding ortho intramolecular Hbond substituents is 2. The van der Waals surface area contributed by atoms with Gasteiger partial charge in [-0.3, -0.25) is 9.59 Å². The predicted molar refractivity (Wildman–Crippen MR) is 96.8 cm³/mol. The van der Waals surface area contributed by atoms with E-state index in [2.05, 4.69) is 5.10 Å². The number of nitrogens with one attached hydrogen (secondary N) is 1. The molecule has 11 nitrogen and oxygen atoms in total. The van der Waals surface area contributed by atoms with Crippen LogP contribution in [0, 0.1) is 5.82 Å². The number of rotatable bonds is 7. The molecule has 0 aromatic heterocycles. The molecule has 3 atom stereocenters. The van der Waals surface area contributed by atoms with Gasteiger partial charge in [0.1, 0.15) is 4.75 Å². The van der Waals surface area contributed by atoms with E-state index in [4.69, 9.17) is 0 Å². The number of halogens is 1. The molecule has 1 fully saturated rings. The second-order valence-corrected chi connectivity index (χ2v) is 8.05. The maximum Gasteiger partial charge on any atom is 0.328 e. The number of carboxylic acid groups (broad SMARTS) is 1. The Labute approximate surface area is 165 Å². The smallest absolute Gasteiger partial charge is 0.328 e. The average molecular weight is 431 g/mol. The summed E-state index contributed by atoms with van der Waals surface area (Å²) in [6.07, 6.45) is 0.693. The topological polar surface area (TPSA) is 174 Å². The SMILES string of the molecule is C[C@@H]1CC(=O)N1[C@@H](C(=O)O)[C@](C)(/C=N/NC(=O)c1ccc(O)c(O)c1F)[SH](=O)=O. The van der Waals surface area contributed by atoms with Gasteiger partial charge in [0, 0.05) is 18.7 Å². The summed E-state index contributed by atoms with van der Waals surface area (Å²) < 4.78 is 35.3. The zero-order valence-corrected chi connectivity index (χ0v) is 16.1. The van der Waals surface area contributed by atoms with Crippen LogP contribution >= 0.6 is 0 Å². The second-order valence-electron chi connectivity index (χ2n) is 6.57. The van der Waals surface area contributed by atoms with Gasteiger partial charge < -0.3 is 20.2 Å². The Morgan fingerprint density at radius 1 is 1.41 bits per heavy atom. The molecule has 2 amide bonds. The van der Waals surface area contributed by atoms with Crippen molar-refractivity contribution in [3.8, 4) is 11.5 Å². The molecule has 0 aliphatic carbocycles. The van der Waals surface area contributed by atoms with Crippen molar-refractivity contribution >= 4 is 34.7 Å². The summed E-state index contributed by atoms with van der Waals surface area (Å²) in [5, 5.41) is 31.4. The fourth-order valence-electron chi connectivity index (χ4n) is 2.87. The highest BCUT2D eigenvalue weighted by Crippen LogP contribution is 2.30. The number of benzene rings is 1. The quantitative estimate of drug-likeness (QED) is 0.125. The van der Waals surface area contributed by atoms with E-state index in [9.17, 15) is 42.5 Å². The van der Waals surface area contributed by atoms with Crippen molar-refractivity contribution in [3.05, 3.63) is 23.5 Å². The Hall–Kier alpha value is -3.22. The van der Waals surface area contributed by atoms with Gasteiger partial charge in [-0.25, -0.2) is 23.0 Å². The number of nitrogens with zero attached hydrogens (tertiary/aromatic N) is 2. The number of carbonyl (C=O) groups excluding carboxylic acids is 2. The summed E-state index contributed by atoms with van der Waals surface area (Å²) in [7, 11) is -3.48. The van der Waals surface area contributed by atoms with Crippen molar-refractivity contribution < 1.29 is 42.5 Å². The molecule has 4 N–H and O–H groups in total. The lowest BCUT2D eigenvalue weighted by Crippen LogP contribution is -2.66. The van der Waals surface area contributed by atoms with E-state index in [1.807, 2.05) is 5.43 Å². The highest BCUT2D eigenvalue weighted by molar-refractivity contribution is 7.75. The molecule has 1 aromatic carbocycles. The summed E-state index contributed by atoms with van der Waals surface area (Å²) in [4.78, 5) is 36.4. The van der Waals surface area contributed by atoms with Gasteiger partial charge in [0.2, 0.25) is 5.91 Å². The van der Waals surface area contributed by atoms with Crippen molar-refractivity contribution in [1.82, 2.24) is 10.3 Å². The summed E-state index contributed by atoms with van der Waals surface area (Å²) in [6, 6.07) is -0.597. The molecular weight excluding hydrogens is 413 g/mol. The van der Waals surface area contributed by atoms with Gasteiger partial charge in [0.25, 0.3) is 5.91 Å². The van der Waals surface area contributed by atoms with Crippen LogP contribution in [0.2, 0.25) is 0 Å². The third kappa shape index (κ3) is 3.99. The van der Waals surface area contributed by atoms with E-state index in [1.54, 1.807) is 6.92 Å². The molecule has 2 rings (SSSR count). The molecule has 0 unspecified atom stereocenters. The molecule has 0 radical (unpaired) electrons. The molecule has 1 aliphatic rings. The lowest BCUT2D eigenvalue weighted by atomic mass is 9.92. The standard InChI is InChI=1S/C16H18FN3O8S/c1-7-5-10(22)20(7)13(15(25)26)16(2,29(27)28)6-18-19-14(24)8-3-4-9(21)12(23)11(8)17/h3-4,6-7,13,21,23,29H,5H2,1-2H3,(H,19,24)(H,25,26)/b18-6+/t7-,13+,16+/m1/s1. The number of hydrazone groups is 1. The Morgan fingerprint density at radius 2 is 2.03 bits per heavy atom. The zero-order valence-electron chi connectivity index (χ0n) is 15.2. The van der Waals surface area contributed by atoms with E-state index >= 15 is 0 Å². The van der Waals surface area contributed by atoms with Crippen molar-refractivity contribution in [2.75, 3.05) is 0 Å². The first-order chi connectivity index (χ1) is 13.4. The number of likely N-dealkylation sites (tertiary alicyclic amines) is 1. The maximum absolute atomic E-state index is 13.8. The van der Waals surface area contributed by atoms with Crippen molar-refractivity contribution in [3.63, 3.8) is 0 Å². The lowest BCUT2D eigenvalue weighted by Gasteiger charge is -2.45. The number of hydrogen-bond acceptors (Lipinski definition) is 8. The molecular formula is C16H18FN3O8S. The van der Waals surface area contributed by atoms with E-state index in [-0.39, 0.29) is 6.42 Å². The van der Waals surface area contributed by atoms with Gasteiger partial charge in [0.15, 0.2) is 34.1 Å². The number of phenols is 2. The Kier molecular flexibility index (Phi) is 6.11. The van der Waals surface area contributed by atoms with E-state index in [1.165, 1.54) is 0 Å². The first-order valence-corrected chi connectivity index (χ1v) is 9.33. The van der Waals surface area contributed by atoms with Crippen LogP contribution in [-0.4, -0.2) is 69.5 Å². The summed E-state index contributed by atoms with van der Waals surface area (Å²) >= 11 is 0. The molecule has 1 aromatic rings. The second kappa shape index (κ2) is 8.03.